The molecule has 0 radical (unpaired) electrons. The Bertz CT molecular complexity index is 699. The summed E-state index contributed by atoms with van der Waals surface area (Å²) in [5, 5.41) is 13.2. The zero-order valence-electron chi connectivity index (χ0n) is 11.2. The van der Waals surface area contributed by atoms with Crippen molar-refractivity contribution in [3.8, 4) is 0 Å². The van der Waals surface area contributed by atoms with Gasteiger partial charge in [0, 0.05) is 28.1 Å². The summed E-state index contributed by atoms with van der Waals surface area (Å²) >= 11 is 13.4. The Morgan fingerprint density at radius 1 is 1.38 bits per heavy atom. The molecule has 2 aromatic rings. The number of hydrogen-bond donors (Lipinski definition) is 2. The topological polar surface area (TPSA) is 66.4 Å². The van der Waals surface area contributed by atoms with E-state index in [4.69, 9.17) is 28.3 Å². The quantitative estimate of drug-likeness (QED) is 0.858. The van der Waals surface area contributed by atoms with Crippen LogP contribution in [0, 0.1) is 5.92 Å². The van der Waals surface area contributed by atoms with Crippen molar-refractivity contribution in [3.05, 3.63) is 33.1 Å². The van der Waals surface area contributed by atoms with E-state index in [1.807, 2.05) is 0 Å². The summed E-state index contributed by atoms with van der Waals surface area (Å²) in [6.07, 6.45) is 0.00996. The van der Waals surface area contributed by atoms with E-state index in [0.29, 0.717) is 14.9 Å². The predicted octanol–water partition coefficient (Wildman–Crippen LogP) is 4.05. The maximum atomic E-state index is 12.1. The summed E-state index contributed by atoms with van der Waals surface area (Å²) in [6, 6.07) is 5.26. The number of halogens is 2. The van der Waals surface area contributed by atoms with Crippen LogP contribution in [0.25, 0.3) is 10.1 Å². The number of carboxylic acid groups (broad SMARTS) is 1. The van der Waals surface area contributed by atoms with Gasteiger partial charge in [-0.15, -0.1) is 11.3 Å². The van der Waals surface area contributed by atoms with Crippen LogP contribution in [0.5, 0.6) is 0 Å². The Morgan fingerprint density at radius 2 is 2.10 bits per heavy atom. The van der Waals surface area contributed by atoms with Crippen molar-refractivity contribution in [2.45, 2.75) is 13.3 Å². The molecule has 4 nitrogen and oxygen atoms in total. The van der Waals surface area contributed by atoms with E-state index in [0.717, 1.165) is 10.1 Å². The average molecular weight is 346 g/mol. The van der Waals surface area contributed by atoms with Crippen molar-refractivity contribution in [1.29, 1.82) is 0 Å². The van der Waals surface area contributed by atoms with Gasteiger partial charge in [0.2, 0.25) is 0 Å². The maximum absolute atomic E-state index is 12.1. The molecule has 0 aliphatic heterocycles. The number of carbonyl (C=O) groups is 2. The third-order valence-corrected chi connectivity index (χ3v) is 4.82. The maximum Gasteiger partial charge on any atom is 0.303 e. The Hall–Kier alpha value is -1.30. The lowest BCUT2D eigenvalue weighted by Gasteiger charge is -2.09. The molecule has 0 bridgehead atoms. The summed E-state index contributed by atoms with van der Waals surface area (Å²) in [6.45, 7) is 2.05. The second-order valence-corrected chi connectivity index (χ2v) is 6.67. The summed E-state index contributed by atoms with van der Waals surface area (Å²) in [7, 11) is 0. The van der Waals surface area contributed by atoms with E-state index in [2.05, 4.69) is 5.32 Å². The number of hydrogen-bond acceptors (Lipinski definition) is 3. The molecule has 0 fully saturated rings. The van der Waals surface area contributed by atoms with Gasteiger partial charge in [-0.3, -0.25) is 9.59 Å². The van der Waals surface area contributed by atoms with Crippen LogP contribution in [-0.4, -0.2) is 23.5 Å². The first-order chi connectivity index (χ1) is 9.88. The summed E-state index contributed by atoms with van der Waals surface area (Å²) in [5.41, 5.74) is 0. The first kappa shape index (κ1) is 16.1. The number of benzene rings is 1. The summed E-state index contributed by atoms with van der Waals surface area (Å²) < 4.78 is 0.844. The van der Waals surface area contributed by atoms with Gasteiger partial charge in [0.25, 0.3) is 5.91 Å². The van der Waals surface area contributed by atoms with Crippen LogP contribution in [0.3, 0.4) is 0 Å². The van der Waals surface area contributed by atoms with Crippen LogP contribution in [0.2, 0.25) is 10.0 Å². The predicted molar refractivity (Wildman–Crippen MR) is 85.6 cm³/mol. The number of aliphatic carboxylic acids is 1. The lowest BCUT2D eigenvalue weighted by molar-refractivity contribution is -0.137. The van der Waals surface area contributed by atoms with E-state index >= 15 is 0 Å². The number of thiophene rings is 1. The molecule has 0 spiro atoms. The minimum Gasteiger partial charge on any atom is -0.481 e. The van der Waals surface area contributed by atoms with Crippen molar-refractivity contribution >= 4 is 56.5 Å². The standard InChI is InChI=1S/C14H13Cl2NO3S/c1-7(4-11(18)19)6-17-14(20)13-12(16)9-3-2-8(15)5-10(9)21-13/h2-3,5,7H,4,6H2,1H3,(H,17,20)(H,18,19). The van der Waals surface area contributed by atoms with Crippen LogP contribution in [0.1, 0.15) is 23.0 Å². The third-order valence-electron chi connectivity index (χ3n) is 2.93. The fourth-order valence-corrected chi connectivity index (χ4v) is 3.61. The molecular formula is C14H13Cl2NO3S. The zero-order valence-corrected chi connectivity index (χ0v) is 13.5. The van der Waals surface area contributed by atoms with Crippen LogP contribution < -0.4 is 5.32 Å². The minimum atomic E-state index is -0.883. The van der Waals surface area contributed by atoms with Crippen molar-refractivity contribution in [2.24, 2.45) is 5.92 Å². The molecule has 1 amide bonds. The molecule has 0 saturated carbocycles. The van der Waals surface area contributed by atoms with E-state index in [-0.39, 0.29) is 24.8 Å². The van der Waals surface area contributed by atoms with Gasteiger partial charge in [0.05, 0.1) is 5.02 Å². The number of rotatable bonds is 5. The van der Waals surface area contributed by atoms with Gasteiger partial charge in [-0.2, -0.15) is 0 Å². The number of amides is 1. The van der Waals surface area contributed by atoms with E-state index in [1.165, 1.54) is 11.3 Å². The molecular weight excluding hydrogens is 333 g/mol. The SMILES string of the molecule is CC(CNC(=O)c1sc2cc(Cl)ccc2c1Cl)CC(=O)O. The largest absolute Gasteiger partial charge is 0.481 e. The monoisotopic (exact) mass is 345 g/mol. The van der Waals surface area contributed by atoms with Gasteiger partial charge >= 0.3 is 5.97 Å². The highest BCUT2D eigenvalue weighted by Crippen LogP contribution is 2.36. The van der Waals surface area contributed by atoms with E-state index in [9.17, 15) is 9.59 Å². The average Bonchev–Trinajstić information content (AvgIpc) is 2.72. The second kappa shape index (κ2) is 6.64. The van der Waals surface area contributed by atoms with Crippen molar-refractivity contribution in [1.82, 2.24) is 5.32 Å². The van der Waals surface area contributed by atoms with Crippen LogP contribution in [-0.2, 0) is 4.79 Å². The molecule has 7 heteroatoms. The molecule has 1 aromatic carbocycles. The fourth-order valence-electron chi connectivity index (χ4n) is 1.90. The second-order valence-electron chi connectivity index (χ2n) is 4.80. The molecule has 1 atom stereocenters. The summed E-state index contributed by atoms with van der Waals surface area (Å²) in [5.74, 6) is -1.32. The molecule has 112 valence electrons. The number of fused-ring (bicyclic) bond motifs is 1. The minimum absolute atomic E-state index is 0.00996. The molecule has 1 aromatic heterocycles. The van der Waals surface area contributed by atoms with Gasteiger partial charge in [0.15, 0.2) is 0 Å². The smallest absolute Gasteiger partial charge is 0.303 e. The highest BCUT2D eigenvalue weighted by atomic mass is 35.5. The molecule has 1 heterocycles. The molecule has 0 aliphatic carbocycles. The van der Waals surface area contributed by atoms with E-state index in [1.54, 1.807) is 25.1 Å². The highest BCUT2D eigenvalue weighted by molar-refractivity contribution is 7.21. The number of carboxylic acids is 1. The van der Waals surface area contributed by atoms with Gasteiger partial charge in [-0.05, 0) is 18.1 Å². The Morgan fingerprint density at radius 3 is 2.76 bits per heavy atom. The van der Waals surface area contributed by atoms with Crippen LogP contribution in [0.4, 0.5) is 0 Å². The normalized spacial score (nSPS) is 12.3. The van der Waals surface area contributed by atoms with Crippen molar-refractivity contribution in [2.75, 3.05) is 6.54 Å². The van der Waals surface area contributed by atoms with Crippen molar-refractivity contribution in [3.63, 3.8) is 0 Å². The first-order valence-corrected chi connectivity index (χ1v) is 7.83. The molecule has 1 unspecified atom stereocenters. The van der Waals surface area contributed by atoms with E-state index < -0.39 is 5.97 Å². The third kappa shape index (κ3) is 3.87. The van der Waals surface area contributed by atoms with Crippen LogP contribution >= 0.6 is 34.5 Å². The summed E-state index contributed by atoms with van der Waals surface area (Å²) in [4.78, 5) is 23.1. The lowest BCUT2D eigenvalue weighted by atomic mass is 10.1. The van der Waals surface area contributed by atoms with Crippen molar-refractivity contribution < 1.29 is 14.7 Å². The highest BCUT2D eigenvalue weighted by Gasteiger charge is 2.18. The Labute approximate surface area is 135 Å². The molecule has 2 rings (SSSR count). The van der Waals surface area contributed by atoms with Crippen LogP contribution in [0.15, 0.2) is 18.2 Å². The van der Waals surface area contributed by atoms with Gasteiger partial charge < -0.3 is 10.4 Å². The number of carbonyl (C=O) groups excluding carboxylic acids is 1. The lowest BCUT2D eigenvalue weighted by Crippen LogP contribution is -2.28. The van der Waals surface area contributed by atoms with Gasteiger partial charge in [-0.1, -0.05) is 36.2 Å². The van der Waals surface area contributed by atoms with Gasteiger partial charge in [-0.25, -0.2) is 0 Å². The fraction of sp³-hybridized carbons (Fsp3) is 0.286. The molecule has 0 aliphatic rings. The first-order valence-electron chi connectivity index (χ1n) is 6.26. The molecule has 2 N–H and O–H groups in total. The Kier molecular flexibility index (Phi) is 5.08. The molecule has 0 saturated heterocycles. The Balaban J connectivity index is 2.12. The van der Waals surface area contributed by atoms with Gasteiger partial charge in [0.1, 0.15) is 4.88 Å². The molecule has 21 heavy (non-hydrogen) atoms. The number of nitrogens with one attached hydrogen (secondary N) is 1. The zero-order chi connectivity index (χ0) is 15.6.